The van der Waals surface area contributed by atoms with E-state index in [1.54, 1.807) is 42.5 Å². The summed E-state index contributed by atoms with van der Waals surface area (Å²) in [4.78, 5) is 38.1. The fourth-order valence-corrected chi connectivity index (χ4v) is 2.71. The molecule has 0 aromatic heterocycles. The maximum absolute atomic E-state index is 12.9. The first-order chi connectivity index (χ1) is 13.5. The number of ether oxygens (including phenoxy) is 1. The van der Waals surface area contributed by atoms with E-state index in [4.69, 9.17) is 10.5 Å². The van der Waals surface area contributed by atoms with E-state index in [1.165, 1.54) is 12.1 Å². The van der Waals surface area contributed by atoms with Crippen LogP contribution in [0.3, 0.4) is 0 Å². The zero-order chi connectivity index (χ0) is 20.4. The van der Waals surface area contributed by atoms with Crippen LogP contribution in [-0.4, -0.2) is 40.6 Å². The van der Waals surface area contributed by atoms with E-state index in [1.807, 2.05) is 6.07 Å². The summed E-state index contributed by atoms with van der Waals surface area (Å²) in [6.07, 6.45) is 0.178. The number of unbranched alkanes of at least 4 members (excludes halogenated alkanes) is 1. The van der Waals surface area contributed by atoms with Crippen molar-refractivity contribution in [1.82, 2.24) is 4.90 Å². The quantitative estimate of drug-likeness (QED) is 0.643. The number of aliphatic carboxylic acids is 1. The molecule has 7 heteroatoms. The second-order valence-electron chi connectivity index (χ2n) is 6.22. The molecule has 1 atom stereocenters. The number of imide groups is 1. The van der Waals surface area contributed by atoms with Crippen molar-refractivity contribution in [3.05, 3.63) is 71.8 Å². The first kappa shape index (κ1) is 21.1. The van der Waals surface area contributed by atoms with E-state index >= 15 is 0 Å². The molecule has 2 amide bonds. The number of amides is 2. The van der Waals surface area contributed by atoms with E-state index < -0.39 is 24.0 Å². The molecule has 2 aromatic rings. The fourth-order valence-electron chi connectivity index (χ4n) is 2.71. The van der Waals surface area contributed by atoms with Gasteiger partial charge in [-0.15, -0.1) is 0 Å². The van der Waals surface area contributed by atoms with Crippen LogP contribution >= 0.6 is 0 Å². The molecule has 3 N–H and O–H groups in total. The minimum absolute atomic E-state index is 0.0621. The Labute approximate surface area is 163 Å². The third kappa shape index (κ3) is 5.92. The van der Waals surface area contributed by atoms with Crippen LogP contribution < -0.4 is 5.73 Å². The number of hydrogen-bond donors (Lipinski definition) is 2. The zero-order valence-electron chi connectivity index (χ0n) is 15.5. The Morgan fingerprint density at radius 2 is 1.57 bits per heavy atom. The molecule has 28 heavy (non-hydrogen) atoms. The molecule has 0 radical (unpaired) electrons. The van der Waals surface area contributed by atoms with Gasteiger partial charge in [0, 0.05) is 5.56 Å². The minimum Gasteiger partial charge on any atom is -0.480 e. The Morgan fingerprint density at radius 3 is 2.14 bits per heavy atom. The largest absolute Gasteiger partial charge is 0.480 e. The number of carbonyl (C=O) groups excluding carboxylic acids is 2. The number of nitrogens with zero attached hydrogens (tertiary/aromatic N) is 1. The summed E-state index contributed by atoms with van der Waals surface area (Å²) in [6, 6.07) is 15.7. The molecule has 0 saturated carbocycles. The Morgan fingerprint density at radius 1 is 0.964 bits per heavy atom. The maximum Gasteiger partial charge on any atom is 0.417 e. The first-order valence-corrected chi connectivity index (χ1v) is 9.06. The molecule has 7 nitrogen and oxygen atoms in total. The van der Waals surface area contributed by atoms with Crippen molar-refractivity contribution in [2.45, 2.75) is 31.9 Å². The Bertz CT molecular complexity index is 780. The van der Waals surface area contributed by atoms with Crippen molar-refractivity contribution >= 4 is 18.0 Å². The van der Waals surface area contributed by atoms with E-state index in [2.05, 4.69) is 0 Å². The van der Waals surface area contributed by atoms with E-state index in [0.717, 1.165) is 5.56 Å². The molecule has 2 aromatic carbocycles. The number of hydrogen-bond acceptors (Lipinski definition) is 5. The second kappa shape index (κ2) is 10.8. The summed E-state index contributed by atoms with van der Waals surface area (Å²) >= 11 is 0. The highest BCUT2D eigenvalue weighted by molar-refractivity contribution is 6.05. The average molecular weight is 384 g/mol. The smallest absolute Gasteiger partial charge is 0.417 e. The van der Waals surface area contributed by atoms with Gasteiger partial charge in [0.25, 0.3) is 5.91 Å². The summed E-state index contributed by atoms with van der Waals surface area (Å²) in [6.45, 7) is 0.338. The lowest BCUT2D eigenvalue weighted by Crippen LogP contribution is -2.49. The molecule has 0 aliphatic heterocycles. The van der Waals surface area contributed by atoms with Crippen LogP contribution in [0.15, 0.2) is 60.7 Å². The lowest BCUT2D eigenvalue weighted by atomic mass is 10.1. The number of carboxylic acid groups (broad SMARTS) is 1. The third-order valence-corrected chi connectivity index (χ3v) is 4.17. The molecule has 2 rings (SSSR count). The number of benzene rings is 2. The number of carboxylic acids is 1. The molecule has 0 bridgehead atoms. The molecule has 0 spiro atoms. The first-order valence-electron chi connectivity index (χ1n) is 9.06. The van der Waals surface area contributed by atoms with Crippen LogP contribution in [0.5, 0.6) is 0 Å². The number of carbonyl (C=O) groups is 3. The predicted molar refractivity (Wildman–Crippen MR) is 104 cm³/mol. The van der Waals surface area contributed by atoms with Gasteiger partial charge in [-0.25, -0.2) is 14.5 Å². The van der Waals surface area contributed by atoms with Gasteiger partial charge in [-0.05, 0) is 43.5 Å². The topological polar surface area (TPSA) is 110 Å². The molecule has 0 aliphatic rings. The molecule has 0 heterocycles. The Hall–Kier alpha value is -3.19. The van der Waals surface area contributed by atoms with Crippen LogP contribution in [0.1, 0.15) is 35.2 Å². The van der Waals surface area contributed by atoms with Crippen molar-refractivity contribution in [2.75, 3.05) is 6.54 Å². The Balaban J connectivity index is 2.24. The summed E-state index contributed by atoms with van der Waals surface area (Å²) < 4.78 is 5.25. The normalized spacial score (nSPS) is 11.5. The predicted octanol–water partition coefficient (Wildman–Crippen LogP) is 3.05. The summed E-state index contributed by atoms with van der Waals surface area (Å²) in [7, 11) is 0. The number of rotatable bonds is 9. The van der Waals surface area contributed by atoms with Crippen molar-refractivity contribution in [1.29, 1.82) is 0 Å². The van der Waals surface area contributed by atoms with Gasteiger partial charge >= 0.3 is 12.1 Å². The van der Waals surface area contributed by atoms with Crippen LogP contribution in [0.25, 0.3) is 0 Å². The van der Waals surface area contributed by atoms with Crippen molar-refractivity contribution in [3.8, 4) is 0 Å². The van der Waals surface area contributed by atoms with Crippen LogP contribution in [0.4, 0.5) is 4.79 Å². The van der Waals surface area contributed by atoms with Gasteiger partial charge in [0.2, 0.25) is 0 Å². The van der Waals surface area contributed by atoms with Crippen LogP contribution in [0, 0.1) is 0 Å². The van der Waals surface area contributed by atoms with Crippen molar-refractivity contribution < 1.29 is 24.2 Å². The third-order valence-electron chi connectivity index (χ3n) is 4.17. The molecule has 0 aliphatic carbocycles. The maximum atomic E-state index is 12.9. The standard InChI is InChI=1S/C21H24N2O5/c22-14-8-7-13-18(20(25)26)23(19(24)17-11-5-2-6-12-17)21(27)28-15-16-9-3-1-4-10-16/h1-6,9-12,18H,7-8,13-15,22H2,(H,25,26)/t18-/m0/s1. The Kier molecular flexibility index (Phi) is 8.17. The summed E-state index contributed by atoms with van der Waals surface area (Å²) in [5, 5.41) is 9.64. The van der Waals surface area contributed by atoms with Crippen LogP contribution in [0.2, 0.25) is 0 Å². The van der Waals surface area contributed by atoms with Gasteiger partial charge in [0.05, 0.1) is 0 Å². The highest BCUT2D eigenvalue weighted by Crippen LogP contribution is 2.17. The number of nitrogens with two attached hydrogens (primary N) is 1. The van der Waals surface area contributed by atoms with Gasteiger partial charge in [-0.1, -0.05) is 48.5 Å². The summed E-state index contributed by atoms with van der Waals surface area (Å²) in [5.74, 6) is -1.98. The lowest BCUT2D eigenvalue weighted by molar-refractivity contribution is -0.142. The highest BCUT2D eigenvalue weighted by Gasteiger charge is 2.36. The lowest BCUT2D eigenvalue weighted by Gasteiger charge is -2.26. The van der Waals surface area contributed by atoms with E-state index in [0.29, 0.717) is 24.3 Å². The minimum atomic E-state index is -1.33. The van der Waals surface area contributed by atoms with Crippen molar-refractivity contribution in [3.63, 3.8) is 0 Å². The summed E-state index contributed by atoms with van der Waals surface area (Å²) in [5.41, 5.74) is 6.42. The van der Waals surface area contributed by atoms with E-state index in [9.17, 15) is 19.5 Å². The zero-order valence-corrected chi connectivity index (χ0v) is 15.5. The highest BCUT2D eigenvalue weighted by atomic mass is 16.6. The van der Waals surface area contributed by atoms with Gasteiger partial charge in [0.1, 0.15) is 12.6 Å². The van der Waals surface area contributed by atoms with Crippen molar-refractivity contribution in [2.24, 2.45) is 5.73 Å². The molecule has 0 unspecified atom stereocenters. The molecule has 0 fully saturated rings. The van der Waals surface area contributed by atoms with Crippen LogP contribution in [-0.2, 0) is 16.1 Å². The molecule has 148 valence electrons. The van der Waals surface area contributed by atoms with Gasteiger partial charge in [-0.3, -0.25) is 4.79 Å². The van der Waals surface area contributed by atoms with Gasteiger partial charge in [-0.2, -0.15) is 0 Å². The van der Waals surface area contributed by atoms with Gasteiger partial charge < -0.3 is 15.6 Å². The SMILES string of the molecule is NCCCC[C@@H](C(=O)O)N(C(=O)OCc1ccccc1)C(=O)c1ccccc1. The molecule has 0 saturated heterocycles. The monoisotopic (exact) mass is 384 g/mol. The molecular weight excluding hydrogens is 360 g/mol. The van der Waals surface area contributed by atoms with E-state index in [-0.39, 0.29) is 18.6 Å². The second-order valence-corrected chi connectivity index (χ2v) is 6.22. The van der Waals surface area contributed by atoms with Gasteiger partial charge in [0.15, 0.2) is 0 Å². The molecular formula is C21H24N2O5. The average Bonchev–Trinajstić information content (AvgIpc) is 2.72. The fraction of sp³-hybridized carbons (Fsp3) is 0.286.